The zero-order chi connectivity index (χ0) is 10.4. The summed E-state index contributed by atoms with van der Waals surface area (Å²) in [6.45, 7) is 1.57. The third kappa shape index (κ3) is 2.85. The molecule has 78 valence electrons. The maximum Gasteiger partial charge on any atom is 0.233 e. The van der Waals surface area contributed by atoms with Crippen LogP contribution in [0.4, 0.5) is 5.82 Å². The van der Waals surface area contributed by atoms with Crippen LogP contribution in [0.25, 0.3) is 0 Å². The summed E-state index contributed by atoms with van der Waals surface area (Å²) in [6, 6.07) is 3.67. The number of methoxy groups -OCH3 is 1. The van der Waals surface area contributed by atoms with Crippen LogP contribution < -0.4 is 15.4 Å². The lowest BCUT2D eigenvalue weighted by Crippen LogP contribution is -2.22. The summed E-state index contributed by atoms with van der Waals surface area (Å²) in [5.41, 5.74) is 5.42. The maximum atomic E-state index is 5.42. The lowest BCUT2D eigenvalue weighted by Gasteiger charge is -2.16. The molecule has 0 radical (unpaired) electrons. The first-order valence-electron chi connectivity index (χ1n) is 4.57. The van der Waals surface area contributed by atoms with E-state index in [9.17, 15) is 0 Å². The molecule has 0 unspecified atom stereocenters. The van der Waals surface area contributed by atoms with Gasteiger partial charge in [-0.3, -0.25) is 0 Å². The van der Waals surface area contributed by atoms with Crippen molar-refractivity contribution in [2.24, 2.45) is 5.73 Å². The Morgan fingerprint density at radius 1 is 1.43 bits per heavy atom. The highest BCUT2D eigenvalue weighted by Gasteiger charge is 2.02. The van der Waals surface area contributed by atoms with E-state index in [0.717, 1.165) is 18.8 Å². The molecule has 0 amide bonds. The third-order valence-electron chi connectivity index (χ3n) is 1.92. The van der Waals surface area contributed by atoms with Crippen LogP contribution in [-0.2, 0) is 0 Å². The second kappa shape index (κ2) is 5.39. The molecule has 5 nitrogen and oxygen atoms in total. The minimum Gasteiger partial charge on any atom is -0.480 e. The van der Waals surface area contributed by atoms with Gasteiger partial charge in [0.05, 0.1) is 7.11 Å². The number of nitrogens with zero attached hydrogens (tertiary/aromatic N) is 3. The third-order valence-corrected chi connectivity index (χ3v) is 1.92. The first kappa shape index (κ1) is 10.7. The Bertz CT molecular complexity index is 262. The first-order valence-corrected chi connectivity index (χ1v) is 4.57. The Balaban J connectivity index is 2.57. The Labute approximate surface area is 83.9 Å². The molecule has 2 N–H and O–H groups in total. The fraction of sp³-hybridized carbons (Fsp3) is 0.556. The van der Waals surface area contributed by atoms with Crippen molar-refractivity contribution in [3.63, 3.8) is 0 Å². The van der Waals surface area contributed by atoms with Crippen LogP contribution in [0.3, 0.4) is 0 Å². The van der Waals surface area contributed by atoms with Gasteiger partial charge in [-0.15, -0.1) is 10.2 Å². The minimum atomic E-state index is 0.529. The van der Waals surface area contributed by atoms with E-state index in [1.807, 2.05) is 18.0 Å². The number of hydrogen-bond donors (Lipinski definition) is 1. The number of hydrogen-bond acceptors (Lipinski definition) is 5. The van der Waals surface area contributed by atoms with Gasteiger partial charge in [0.2, 0.25) is 5.88 Å². The van der Waals surface area contributed by atoms with Crippen molar-refractivity contribution in [1.82, 2.24) is 10.2 Å². The van der Waals surface area contributed by atoms with Gasteiger partial charge in [0.15, 0.2) is 5.82 Å². The van der Waals surface area contributed by atoms with Gasteiger partial charge >= 0.3 is 0 Å². The first-order chi connectivity index (χ1) is 6.77. The number of aromatic nitrogens is 2. The monoisotopic (exact) mass is 196 g/mol. The number of ether oxygens (including phenoxy) is 1. The molecule has 0 spiro atoms. The largest absolute Gasteiger partial charge is 0.480 e. The molecule has 1 aromatic heterocycles. The highest BCUT2D eigenvalue weighted by atomic mass is 16.5. The average Bonchev–Trinajstić information content (AvgIpc) is 2.26. The molecule has 0 aromatic carbocycles. The van der Waals surface area contributed by atoms with Gasteiger partial charge in [-0.05, 0) is 19.0 Å². The zero-order valence-corrected chi connectivity index (χ0v) is 8.60. The summed E-state index contributed by atoms with van der Waals surface area (Å²) in [6.07, 6.45) is 0.949. The molecular formula is C9H16N4O. The van der Waals surface area contributed by atoms with Gasteiger partial charge in [-0.2, -0.15) is 0 Å². The molecule has 0 saturated heterocycles. The highest BCUT2D eigenvalue weighted by molar-refractivity contribution is 5.36. The predicted octanol–water partition coefficient (Wildman–Crippen LogP) is 0.270. The van der Waals surface area contributed by atoms with Crippen molar-refractivity contribution in [3.05, 3.63) is 12.1 Å². The summed E-state index contributed by atoms with van der Waals surface area (Å²) in [7, 11) is 3.54. The van der Waals surface area contributed by atoms with Gasteiger partial charge in [-0.25, -0.2) is 0 Å². The molecule has 1 aromatic rings. The smallest absolute Gasteiger partial charge is 0.233 e. The molecule has 0 aliphatic heterocycles. The van der Waals surface area contributed by atoms with Crippen LogP contribution in [0, 0.1) is 0 Å². The quantitative estimate of drug-likeness (QED) is 0.732. The fourth-order valence-electron chi connectivity index (χ4n) is 1.07. The summed E-state index contributed by atoms with van der Waals surface area (Å²) >= 11 is 0. The molecule has 1 rings (SSSR count). The molecule has 14 heavy (non-hydrogen) atoms. The van der Waals surface area contributed by atoms with Crippen molar-refractivity contribution in [1.29, 1.82) is 0 Å². The molecule has 0 aliphatic carbocycles. The molecule has 0 atom stereocenters. The lowest BCUT2D eigenvalue weighted by molar-refractivity contribution is 0.392. The maximum absolute atomic E-state index is 5.42. The molecular weight excluding hydrogens is 180 g/mol. The van der Waals surface area contributed by atoms with Crippen LogP contribution in [0.5, 0.6) is 5.88 Å². The van der Waals surface area contributed by atoms with E-state index in [0.29, 0.717) is 12.4 Å². The van der Waals surface area contributed by atoms with E-state index in [1.54, 1.807) is 13.2 Å². The SMILES string of the molecule is COc1ccc(N(C)CCCN)nn1. The van der Waals surface area contributed by atoms with Crippen LogP contribution in [0.15, 0.2) is 12.1 Å². The van der Waals surface area contributed by atoms with Crippen molar-refractivity contribution in [2.75, 3.05) is 32.1 Å². The summed E-state index contributed by atoms with van der Waals surface area (Å²) in [4.78, 5) is 2.01. The number of nitrogens with two attached hydrogens (primary N) is 1. The van der Waals surface area contributed by atoms with Crippen LogP contribution in [0.2, 0.25) is 0 Å². The van der Waals surface area contributed by atoms with Gasteiger partial charge in [0.1, 0.15) is 0 Å². The van der Waals surface area contributed by atoms with Crippen LogP contribution in [-0.4, -0.2) is 37.4 Å². The Morgan fingerprint density at radius 2 is 2.21 bits per heavy atom. The van der Waals surface area contributed by atoms with Crippen LogP contribution in [0.1, 0.15) is 6.42 Å². The van der Waals surface area contributed by atoms with Gasteiger partial charge in [0, 0.05) is 19.7 Å². The predicted molar refractivity (Wildman–Crippen MR) is 55.5 cm³/mol. The Hall–Kier alpha value is -1.36. The summed E-state index contributed by atoms with van der Waals surface area (Å²) < 4.78 is 4.92. The Kier molecular flexibility index (Phi) is 4.12. The molecule has 0 saturated carbocycles. The molecule has 0 aliphatic rings. The minimum absolute atomic E-state index is 0.529. The second-order valence-electron chi connectivity index (χ2n) is 3.00. The van der Waals surface area contributed by atoms with E-state index in [1.165, 1.54) is 0 Å². The van der Waals surface area contributed by atoms with E-state index in [4.69, 9.17) is 10.5 Å². The molecule has 0 bridgehead atoms. The molecule has 0 fully saturated rings. The van der Waals surface area contributed by atoms with Crippen molar-refractivity contribution in [2.45, 2.75) is 6.42 Å². The van der Waals surface area contributed by atoms with Gasteiger partial charge in [-0.1, -0.05) is 0 Å². The van der Waals surface area contributed by atoms with Gasteiger partial charge < -0.3 is 15.4 Å². The normalized spacial score (nSPS) is 9.93. The van der Waals surface area contributed by atoms with E-state index < -0.39 is 0 Å². The number of anilines is 1. The summed E-state index contributed by atoms with van der Waals surface area (Å²) in [5, 5.41) is 7.89. The molecule has 5 heteroatoms. The second-order valence-corrected chi connectivity index (χ2v) is 3.00. The molecule has 1 heterocycles. The van der Waals surface area contributed by atoms with E-state index in [2.05, 4.69) is 10.2 Å². The zero-order valence-electron chi connectivity index (χ0n) is 8.60. The summed E-state index contributed by atoms with van der Waals surface area (Å²) in [5.74, 6) is 1.36. The van der Waals surface area contributed by atoms with Gasteiger partial charge in [0.25, 0.3) is 0 Å². The lowest BCUT2D eigenvalue weighted by atomic mass is 10.4. The standard InChI is InChI=1S/C9H16N4O/c1-13(7-3-6-10)8-4-5-9(14-2)12-11-8/h4-5H,3,6-7,10H2,1-2H3. The van der Waals surface area contributed by atoms with E-state index >= 15 is 0 Å². The van der Waals surface area contributed by atoms with Crippen LogP contribution >= 0.6 is 0 Å². The van der Waals surface area contributed by atoms with E-state index in [-0.39, 0.29) is 0 Å². The average molecular weight is 196 g/mol. The highest BCUT2D eigenvalue weighted by Crippen LogP contribution is 2.10. The Morgan fingerprint density at radius 3 is 2.71 bits per heavy atom. The number of rotatable bonds is 5. The topological polar surface area (TPSA) is 64.3 Å². The fourth-order valence-corrected chi connectivity index (χ4v) is 1.07. The van der Waals surface area contributed by atoms with Crippen molar-refractivity contribution >= 4 is 5.82 Å². The van der Waals surface area contributed by atoms with Crippen molar-refractivity contribution < 1.29 is 4.74 Å². The van der Waals surface area contributed by atoms with Crippen molar-refractivity contribution in [3.8, 4) is 5.88 Å².